The van der Waals surface area contributed by atoms with Crippen molar-refractivity contribution >= 4 is 40.4 Å². The van der Waals surface area contributed by atoms with E-state index in [1.807, 2.05) is 0 Å². The maximum atomic E-state index is 13.6. The average molecular weight is 554 g/mol. The Labute approximate surface area is 231 Å². The zero-order valence-corrected chi connectivity index (χ0v) is 23.2. The van der Waals surface area contributed by atoms with Crippen LogP contribution in [0.1, 0.15) is 71.2 Å². The van der Waals surface area contributed by atoms with Gasteiger partial charge in [-0.05, 0) is 71.9 Å². The third-order valence-corrected chi connectivity index (χ3v) is 8.09. The van der Waals surface area contributed by atoms with Crippen LogP contribution in [-0.2, 0) is 23.9 Å². The molecule has 4 fully saturated rings. The van der Waals surface area contributed by atoms with Crippen LogP contribution < -0.4 is 21.5 Å². The molecule has 12 nitrogen and oxygen atoms in total. The highest BCUT2D eigenvalue weighted by Gasteiger charge is 2.53. The highest BCUT2D eigenvalue weighted by Crippen LogP contribution is 2.49. The predicted octanol–water partition coefficient (Wildman–Crippen LogP) is 2.48. The summed E-state index contributed by atoms with van der Waals surface area (Å²) in [7, 11) is 0. The number of para-hydroxylation sites is 1. The summed E-state index contributed by atoms with van der Waals surface area (Å²) in [6.45, 7) is 7.56. The molecule has 1 unspecified atom stereocenters. The number of ether oxygens (including phenoxy) is 2. The standard InChI is InChI=1S/C28H35N5O7/c1-16-30-21-17(23(36)33(16)19-8-9-20(34)32-22(19)35)6-5-7-18(21)31-24(37)27-10-12-28(13-11-27,39-15-27)14-29-25(38)40-26(2,3)4/h5-7,19H,8-15H2,1-4H3,(H,29,38)(H,31,37)(H,32,34,35). The second-order valence-electron chi connectivity index (χ2n) is 12.1. The monoisotopic (exact) mass is 553 g/mol. The minimum Gasteiger partial charge on any atom is -0.444 e. The second kappa shape index (κ2) is 9.99. The van der Waals surface area contributed by atoms with Crippen molar-refractivity contribution < 1.29 is 28.7 Å². The normalized spacial score (nSPS) is 26.4. The number of fused-ring (bicyclic) bond motifs is 4. The van der Waals surface area contributed by atoms with Crippen LogP contribution in [0.4, 0.5) is 10.5 Å². The fraction of sp³-hybridized carbons (Fsp3) is 0.571. The molecule has 1 aromatic carbocycles. The zero-order chi connectivity index (χ0) is 28.9. The lowest BCUT2D eigenvalue weighted by atomic mass is 9.65. The first-order valence-corrected chi connectivity index (χ1v) is 13.6. The lowest BCUT2D eigenvalue weighted by molar-refractivity contribution is -0.185. The second-order valence-corrected chi connectivity index (χ2v) is 12.1. The summed E-state index contributed by atoms with van der Waals surface area (Å²) in [6, 6.07) is 4.14. The third-order valence-electron chi connectivity index (χ3n) is 8.09. The summed E-state index contributed by atoms with van der Waals surface area (Å²) in [5.41, 5.74) is -1.53. The van der Waals surface area contributed by atoms with E-state index in [1.165, 1.54) is 4.57 Å². The number of hydrogen-bond acceptors (Lipinski definition) is 8. The number of piperidine rings is 1. The Morgan fingerprint density at radius 1 is 1.18 bits per heavy atom. The van der Waals surface area contributed by atoms with Crippen LogP contribution in [0.25, 0.3) is 10.9 Å². The van der Waals surface area contributed by atoms with Crippen molar-refractivity contribution in [1.82, 2.24) is 20.2 Å². The van der Waals surface area contributed by atoms with Crippen molar-refractivity contribution in [3.63, 3.8) is 0 Å². The van der Waals surface area contributed by atoms with Gasteiger partial charge >= 0.3 is 6.09 Å². The van der Waals surface area contributed by atoms with Crippen LogP contribution in [0.5, 0.6) is 0 Å². The first-order valence-electron chi connectivity index (χ1n) is 13.6. The summed E-state index contributed by atoms with van der Waals surface area (Å²) in [5, 5.41) is 8.33. The zero-order valence-electron chi connectivity index (χ0n) is 23.2. The van der Waals surface area contributed by atoms with Crippen LogP contribution in [0, 0.1) is 12.3 Å². The molecule has 1 aliphatic carbocycles. The number of carbonyl (C=O) groups is 4. The number of aryl methyl sites for hydroxylation is 1. The van der Waals surface area contributed by atoms with Gasteiger partial charge in [-0.1, -0.05) is 6.07 Å². The van der Waals surface area contributed by atoms with Crippen LogP contribution in [0.3, 0.4) is 0 Å². The van der Waals surface area contributed by atoms with E-state index in [2.05, 4.69) is 20.9 Å². The van der Waals surface area contributed by atoms with Crippen LogP contribution >= 0.6 is 0 Å². The van der Waals surface area contributed by atoms with E-state index in [9.17, 15) is 24.0 Å². The maximum Gasteiger partial charge on any atom is 0.407 e. The van der Waals surface area contributed by atoms with Gasteiger partial charge in [0.15, 0.2) is 0 Å². The Bertz CT molecular complexity index is 1430. The van der Waals surface area contributed by atoms with E-state index in [0.29, 0.717) is 49.3 Å². The fourth-order valence-corrected chi connectivity index (χ4v) is 5.81. The number of nitrogens with one attached hydrogen (secondary N) is 3. The number of rotatable bonds is 5. The molecule has 1 aromatic heterocycles. The molecule has 4 amide bonds. The Morgan fingerprint density at radius 3 is 2.52 bits per heavy atom. The van der Waals surface area contributed by atoms with E-state index in [1.54, 1.807) is 45.9 Å². The number of amides is 4. The molecule has 2 aromatic rings. The van der Waals surface area contributed by atoms with Crippen molar-refractivity contribution in [2.45, 2.75) is 83.5 Å². The molecule has 3 N–H and O–H groups in total. The molecule has 4 heterocycles. The van der Waals surface area contributed by atoms with Gasteiger partial charge in [-0.15, -0.1) is 0 Å². The molecule has 1 atom stereocenters. The smallest absolute Gasteiger partial charge is 0.407 e. The molecule has 6 rings (SSSR count). The number of nitrogens with zero attached hydrogens (tertiary/aromatic N) is 2. The van der Waals surface area contributed by atoms with Gasteiger partial charge in [0.05, 0.1) is 28.7 Å². The molecule has 214 valence electrons. The van der Waals surface area contributed by atoms with Gasteiger partial charge < -0.3 is 20.1 Å². The highest BCUT2D eigenvalue weighted by atomic mass is 16.6. The molecule has 12 heteroatoms. The van der Waals surface area contributed by atoms with Crippen molar-refractivity contribution in [3.8, 4) is 0 Å². The molecule has 0 radical (unpaired) electrons. The topological polar surface area (TPSA) is 158 Å². The van der Waals surface area contributed by atoms with Crippen LogP contribution in [-0.4, -0.2) is 57.7 Å². The first-order chi connectivity index (χ1) is 18.8. The molecule has 3 saturated heterocycles. The van der Waals surface area contributed by atoms with E-state index < -0.39 is 40.2 Å². The third kappa shape index (κ3) is 5.19. The highest BCUT2D eigenvalue weighted by molar-refractivity contribution is 6.03. The molecule has 4 aliphatic rings. The van der Waals surface area contributed by atoms with Gasteiger partial charge in [-0.3, -0.25) is 29.1 Å². The van der Waals surface area contributed by atoms with E-state index >= 15 is 0 Å². The minimum atomic E-state index is -0.828. The van der Waals surface area contributed by atoms with Gasteiger partial charge in [0.1, 0.15) is 23.0 Å². The van der Waals surface area contributed by atoms with Crippen LogP contribution in [0.2, 0.25) is 0 Å². The molecule has 3 aliphatic heterocycles. The average Bonchev–Trinajstić information content (AvgIpc) is 2.89. The minimum absolute atomic E-state index is 0.138. The molecule has 40 heavy (non-hydrogen) atoms. The van der Waals surface area contributed by atoms with Gasteiger partial charge in [0, 0.05) is 13.0 Å². The Balaban J connectivity index is 1.31. The Morgan fingerprint density at radius 2 is 1.90 bits per heavy atom. The Hall–Kier alpha value is -3.80. The van der Waals surface area contributed by atoms with Gasteiger partial charge in [0.25, 0.3) is 5.56 Å². The predicted molar refractivity (Wildman–Crippen MR) is 145 cm³/mol. The largest absolute Gasteiger partial charge is 0.444 e. The van der Waals surface area contributed by atoms with E-state index in [4.69, 9.17) is 9.47 Å². The maximum absolute atomic E-state index is 13.6. The van der Waals surface area contributed by atoms with Gasteiger partial charge in [-0.2, -0.15) is 0 Å². The molecular weight excluding hydrogens is 518 g/mol. The number of carbonyl (C=O) groups excluding carboxylic acids is 4. The van der Waals surface area contributed by atoms with Crippen LogP contribution in [0.15, 0.2) is 23.0 Å². The van der Waals surface area contributed by atoms with E-state index in [0.717, 1.165) is 0 Å². The SMILES string of the molecule is Cc1nc2c(NC(=O)C34CCC(CNC(=O)OC(C)(C)C)(CC3)OC4)cccc2c(=O)n1C1CCC(=O)NC1=O. The summed E-state index contributed by atoms with van der Waals surface area (Å²) in [5.74, 6) is -0.788. The summed E-state index contributed by atoms with van der Waals surface area (Å²) in [4.78, 5) is 67.8. The number of alkyl carbamates (subject to hydrolysis) is 1. The number of hydrogen-bond donors (Lipinski definition) is 3. The van der Waals surface area contributed by atoms with Crippen molar-refractivity contribution in [2.75, 3.05) is 18.5 Å². The lowest BCUT2D eigenvalue weighted by Gasteiger charge is -2.52. The number of aromatic nitrogens is 2. The summed E-state index contributed by atoms with van der Waals surface area (Å²) >= 11 is 0. The number of anilines is 1. The van der Waals surface area contributed by atoms with Gasteiger partial charge in [0.2, 0.25) is 17.7 Å². The van der Waals surface area contributed by atoms with Crippen molar-refractivity contribution in [1.29, 1.82) is 0 Å². The molecule has 2 bridgehead atoms. The van der Waals surface area contributed by atoms with Crippen molar-refractivity contribution in [3.05, 3.63) is 34.4 Å². The molecule has 1 saturated carbocycles. The summed E-state index contributed by atoms with van der Waals surface area (Å²) < 4.78 is 12.8. The quantitative estimate of drug-likeness (QED) is 0.477. The molecule has 0 spiro atoms. The Kier molecular flexibility index (Phi) is 6.93. The molecular formula is C28H35N5O7. The fourth-order valence-electron chi connectivity index (χ4n) is 5.81. The number of benzene rings is 1. The van der Waals surface area contributed by atoms with Crippen molar-refractivity contribution in [2.24, 2.45) is 5.41 Å². The summed E-state index contributed by atoms with van der Waals surface area (Å²) in [6.07, 6.45) is 2.26. The lowest BCUT2D eigenvalue weighted by Crippen LogP contribution is -2.59. The first kappa shape index (κ1) is 27.8. The van der Waals surface area contributed by atoms with E-state index in [-0.39, 0.29) is 36.6 Å². The number of imide groups is 1. The van der Waals surface area contributed by atoms with Gasteiger partial charge in [-0.25, -0.2) is 9.78 Å².